The van der Waals surface area contributed by atoms with Crippen molar-refractivity contribution in [3.05, 3.63) is 12.7 Å². The summed E-state index contributed by atoms with van der Waals surface area (Å²) in [5, 5.41) is 18.4. The van der Waals surface area contributed by atoms with Gasteiger partial charge in [0, 0.05) is 6.42 Å². The zero-order valence-electron chi connectivity index (χ0n) is 16.3. The molecule has 1 unspecified atom stereocenters. The quantitative estimate of drug-likeness (QED) is 0.249. The van der Waals surface area contributed by atoms with Gasteiger partial charge in [0.2, 0.25) is 0 Å². The highest BCUT2D eigenvalue weighted by atomic mass is 16.4. The van der Waals surface area contributed by atoms with E-state index in [-0.39, 0.29) is 6.10 Å². The van der Waals surface area contributed by atoms with E-state index < -0.39 is 5.97 Å². The minimum Gasteiger partial charge on any atom is -0.481 e. The second kappa shape index (κ2) is 22.2. The largest absolute Gasteiger partial charge is 0.481 e. The van der Waals surface area contributed by atoms with E-state index in [0.29, 0.717) is 6.42 Å². The average molecular weight is 343 g/mol. The Morgan fingerprint density at radius 3 is 1.67 bits per heavy atom. The van der Waals surface area contributed by atoms with Crippen LogP contribution in [0.3, 0.4) is 0 Å². The van der Waals surface area contributed by atoms with Gasteiger partial charge in [0.15, 0.2) is 0 Å². The third-order valence-electron chi connectivity index (χ3n) is 4.07. The minimum absolute atomic E-state index is 0.0853. The first-order valence-corrected chi connectivity index (χ1v) is 10.0. The van der Waals surface area contributed by atoms with Gasteiger partial charge in [0.25, 0.3) is 0 Å². The molecule has 1 atom stereocenters. The van der Waals surface area contributed by atoms with Crippen LogP contribution in [0.15, 0.2) is 12.7 Å². The Labute approximate surface area is 150 Å². The number of allylic oxidation sites excluding steroid dienone is 1. The van der Waals surface area contributed by atoms with Crippen molar-refractivity contribution in [1.82, 2.24) is 0 Å². The lowest BCUT2D eigenvalue weighted by Gasteiger charge is -2.10. The second-order valence-electron chi connectivity index (χ2n) is 6.67. The summed E-state index contributed by atoms with van der Waals surface area (Å²) in [5.41, 5.74) is 0. The lowest BCUT2D eigenvalue weighted by Crippen LogP contribution is -2.05. The number of carboxylic acids is 1. The van der Waals surface area contributed by atoms with Crippen molar-refractivity contribution in [1.29, 1.82) is 0 Å². The molecule has 0 aliphatic heterocycles. The Morgan fingerprint density at radius 2 is 1.25 bits per heavy atom. The molecule has 0 heterocycles. The van der Waals surface area contributed by atoms with Crippen molar-refractivity contribution in [2.24, 2.45) is 0 Å². The van der Waals surface area contributed by atoms with Gasteiger partial charge in [0.05, 0.1) is 6.10 Å². The standard InChI is InChI=1S/C18H36O3.C3H6/c1-2-3-4-11-14-17(19)15-12-9-7-5-6-8-10-13-16-18(20)21;1-3-2/h17,19H,2-16H2,1H3,(H,20,21);3H,1H2,2H3. The van der Waals surface area contributed by atoms with Crippen molar-refractivity contribution in [3.63, 3.8) is 0 Å². The fourth-order valence-corrected chi connectivity index (χ4v) is 2.67. The first-order chi connectivity index (χ1) is 11.6. The van der Waals surface area contributed by atoms with Gasteiger partial charge in [0.1, 0.15) is 0 Å². The summed E-state index contributed by atoms with van der Waals surface area (Å²) >= 11 is 0. The molecule has 0 radical (unpaired) electrons. The molecule has 0 saturated heterocycles. The van der Waals surface area contributed by atoms with E-state index in [1.807, 2.05) is 6.92 Å². The number of carboxylic acid groups (broad SMARTS) is 1. The third kappa shape index (κ3) is 26.1. The first-order valence-electron chi connectivity index (χ1n) is 10.0. The number of aliphatic hydroxyl groups is 1. The van der Waals surface area contributed by atoms with Gasteiger partial charge in [-0.3, -0.25) is 4.79 Å². The summed E-state index contributed by atoms with van der Waals surface area (Å²) in [6.07, 6.45) is 18.0. The van der Waals surface area contributed by atoms with Crippen LogP contribution in [0.4, 0.5) is 0 Å². The van der Waals surface area contributed by atoms with Gasteiger partial charge < -0.3 is 10.2 Å². The molecule has 3 nitrogen and oxygen atoms in total. The van der Waals surface area contributed by atoms with Crippen LogP contribution < -0.4 is 0 Å². The summed E-state index contributed by atoms with van der Waals surface area (Å²) in [6, 6.07) is 0. The lowest BCUT2D eigenvalue weighted by atomic mass is 10.0. The molecule has 2 N–H and O–H groups in total. The molecule has 3 heteroatoms. The summed E-state index contributed by atoms with van der Waals surface area (Å²) in [7, 11) is 0. The van der Waals surface area contributed by atoms with E-state index in [1.54, 1.807) is 6.08 Å². The molecular formula is C21H42O3. The first kappa shape index (κ1) is 25.4. The zero-order valence-corrected chi connectivity index (χ0v) is 16.3. The maximum Gasteiger partial charge on any atom is 0.303 e. The van der Waals surface area contributed by atoms with Crippen LogP contribution in [0.25, 0.3) is 0 Å². The van der Waals surface area contributed by atoms with Crippen molar-refractivity contribution in [2.75, 3.05) is 0 Å². The van der Waals surface area contributed by atoms with Gasteiger partial charge in [-0.05, 0) is 26.2 Å². The minimum atomic E-state index is -0.678. The number of aliphatic carboxylic acids is 1. The predicted molar refractivity (Wildman–Crippen MR) is 104 cm³/mol. The molecule has 24 heavy (non-hydrogen) atoms. The van der Waals surface area contributed by atoms with Crippen LogP contribution in [0.1, 0.15) is 110 Å². The van der Waals surface area contributed by atoms with Gasteiger partial charge in [-0.1, -0.05) is 83.6 Å². The van der Waals surface area contributed by atoms with Gasteiger partial charge in [-0.15, -0.1) is 6.58 Å². The van der Waals surface area contributed by atoms with Crippen molar-refractivity contribution >= 4 is 5.97 Å². The molecule has 0 aromatic heterocycles. The molecule has 0 fully saturated rings. The van der Waals surface area contributed by atoms with Crippen LogP contribution >= 0.6 is 0 Å². The predicted octanol–water partition coefficient (Wildman–Crippen LogP) is 6.50. The maximum absolute atomic E-state index is 10.3. The molecule has 0 aliphatic carbocycles. The van der Waals surface area contributed by atoms with E-state index in [2.05, 4.69) is 13.5 Å². The van der Waals surface area contributed by atoms with Crippen LogP contribution in [0.2, 0.25) is 0 Å². The highest BCUT2D eigenvalue weighted by Gasteiger charge is 2.03. The number of carbonyl (C=O) groups is 1. The fraction of sp³-hybridized carbons (Fsp3) is 0.857. The Bertz CT molecular complexity index is 264. The molecular weight excluding hydrogens is 300 g/mol. The van der Waals surface area contributed by atoms with Gasteiger partial charge in [-0.2, -0.15) is 0 Å². The van der Waals surface area contributed by atoms with E-state index >= 15 is 0 Å². The number of hydrogen-bond donors (Lipinski definition) is 2. The summed E-state index contributed by atoms with van der Waals surface area (Å²) in [5.74, 6) is -0.678. The van der Waals surface area contributed by atoms with E-state index in [1.165, 1.54) is 51.4 Å². The maximum atomic E-state index is 10.3. The highest BCUT2D eigenvalue weighted by Crippen LogP contribution is 2.14. The number of hydrogen-bond acceptors (Lipinski definition) is 2. The summed E-state index contributed by atoms with van der Waals surface area (Å²) in [4.78, 5) is 10.3. The molecule has 0 saturated carbocycles. The van der Waals surface area contributed by atoms with Crippen molar-refractivity contribution < 1.29 is 15.0 Å². The molecule has 0 aromatic carbocycles. The molecule has 0 rings (SSSR count). The van der Waals surface area contributed by atoms with E-state index in [9.17, 15) is 9.90 Å². The lowest BCUT2D eigenvalue weighted by molar-refractivity contribution is -0.137. The van der Waals surface area contributed by atoms with Crippen LogP contribution in [-0.4, -0.2) is 22.3 Å². The molecule has 0 amide bonds. The number of aliphatic hydroxyl groups excluding tert-OH is 1. The zero-order chi connectivity index (χ0) is 18.5. The Morgan fingerprint density at radius 1 is 0.875 bits per heavy atom. The molecule has 0 aromatic rings. The van der Waals surface area contributed by atoms with Gasteiger partial charge in [-0.25, -0.2) is 0 Å². The molecule has 144 valence electrons. The summed E-state index contributed by atoms with van der Waals surface area (Å²) < 4.78 is 0. The van der Waals surface area contributed by atoms with Crippen molar-refractivity contribution in [2.45, 2.75) is 116 Å². The summed E-state index contributed by atoms with van der Waals surface area (Å²) in [6.45, 7) is 7.46. The SMILES string of the molecule is C=CC.CCCCCCC(O)CCCCCCCCCCC(=O)O. The molecule has 0 aliphatic rings. The Balaban J connectivity index is 0. The van der Waals surface area contributed by atoms with Crippen LogP contribution in [0, 0.1) is 0 Å². The molecule has 0 bridgehead atoms. The topological polar surface area (TPSA) is 57.5 Å². The normalized spacial score (nSPS) is 11.5. The monoisotopic (exact) mass is 342 g/mol. The molecule has 0 spiro atoms. The van der Waals surface area contributed by atoms with Crippen LogP contribution in [0.5, 0.6) is 0 Å². The highest BCUT2D eigenvalue weighted by molar-refractivity contribution is 5.66. The smallest absolute Gasteiger partial charge is 0.303 e. The fourth-order valence-electron chi connectivity index (χ4n) is 2.67. The van der Waals surface area contributed by atoms with E-state index in [4.69, 9.17) is 5.11 Å². The van der Waals surface area contributed by atoms with E-state index in [0.717, 1.165) is 38.5 Å². The van der Waals surface area contributed by atoms with Crippen molar-refractivity contribution in [3.8, 4) is 0 Å². The third-order valence-corrected chi connectivity index (χ3v) is 4.07. The Kier molecular flexibility index (Phi) is 23.5. The Hall–Kier alpha value is -0.830. The number of rotatable bonds is 16. The second-order valence-corrected chi connectivity index (χ2v) is 6.67. The van der Waals surface area contributed by atoms with Crippen LogP contribution in [-0.2, 0) is 4.79 Å². The van der Waals surface area contributed by atoms with Gasteiger partial charge >= 0.3 is 5.97 Å². The number of unbranched alkanes of at least 4 members (excludes halogenated alkanes) is 10. The average Bonchev–Trinajstić information content (AvgIpc) is 2.54.